The van der Waals surface area contributed by atoms with Crippen LogP contribution in [0.2, 0.25) is 0 Å². The molecule has 1 heterocycles. The minimum absolute atomic E-state index is 0.0605. The minimum atomic E-state index is -0.549. The van der Waals surface area contributed by atoms with Gasteiger partial charge in [0.25, 0.3) is 0 Å². The second-order valence-corrected chi connectivity index (χ2v) is 7.87. The highest BCUT2D eigenvalue weighted by Gasteiger charge is 2.48. The summed E-state index contributed by atoms with van der Waals surface area (Å²) in [5.41, 5.74) is 0.00747. The summed E-state index contributed by atoms with van der Waals surface area (Å²) in [6, 6.07) is 4.00. The fourth-order valence-corrected chi connectivity index (χ4v) is 4.67. The van der Waals surface area contributed by atoms with E-state index >= 15 is 0 Å². The fraction of sp³-hybridized carbons (Fsp3) is 0.650. The molecule has 1 aromatic carbocycles. The van der Waals surface area contributed by atoms with Crippen molar-refractivity contribution >= 4 is 5.91 Å². The maximum absolute atomic E-state index is 13.9. The maximum Gasteiger partial charge on any atom is 0.223 e. The molecule has 0 unspecified atom stereocenters. The van der Waals surface area contributed by atoms with E-state index < -0.39 is 11.6 Å². The van der Waals surface area contributed by atoms with Crippen LogP contribution in [0.25, 0.3) is 0 Å². The molecule has 3 atom stereocenters. The first kappa shape index (κ1) is 17.0. The van der Waals surface area contributed by atoms with E-state index in [0.29, 0.717) is 13.0 Å². The number of carbonyl (C=O) groups is 1. The quantitative estimate of drug-likeness (QED) is 0.893. The van der Waals surface area contributed by atoms with E-state index in [1.807, 2.05) is 0 Å². The molecule has 5 heteroatoms. The third-order valence-corrected chi connectivity index (χ3v) is 6.10. The molecule has 136 valence electrons. The maximum atomic E-state index is 13.9. The Balaban J connectivity index is 1.37. The number of rotatable bonds is 3. The normalized spacial score (nSPS) is 30.9. The van der Waals surface area contributed by atoms with Gasteiger partial charge in [-0.2, -0.15) is 0 Å². The van der Waals surface area contributed by atoms with Gasteiger partial charge in [-0.1, -0.05) is 25.3 Å². The van der Waals surface area contributed by atoms with Crippen molar-refractivity contribution in [3.8, 4) is 0 Å². The van der Waals surface area contributed by atoms with Crippen LogP contribution >= 0.6 is 0 Å². The lowest BCUT2D eigenvalue weighted by molar-refractivity contribution is -0.129. The summed E-state index contributed by atoms with van der Waals surface area (Å²) in [6.45, 7) is 0.682. The smallest absolute Gasteiger partial charge is 0.223 e. The lowest BCUT2D eigenvalue weighted by atomic mass is 9.78. The number of carbonyl (C=O) groups excluding carboxylic acids is 1. The van der Waals surface area contributed by atoms with E-state index in [0.717, 1.165) is 25.7 Å². The predicted molar refractivity (Wildman–Crippen MR) is 90.1 cm³/mol. The van der Waals surface area contributed by atoms with E-state index in [9.17, 15) is 13.6 Å². The summed E-state index contributed by atoms with van der Waals surface area (Å²) in [5, 5.41) is 3.13. The van der Waals surface area contributed by atoms with Gasteiger partial charge in [0, 0.05) is 30.0 Å². The van der Waals surface area contributed by atoms with Crippen molar-refractivity contribution in [2.24, 2.45) is 5.92 Å². The molecule has 1 N–H and O–H groups in total. The summed E-state index contributed by atoms with van der Waals surface area (Å²) in [4.78, 5) is 12.6. The largest absolute Gasteiger partial charge is 0.375 e. The summed E-state index contributed by atoms with van der Waals surface area (Å²) in [5.74, 6) is -1.80. The Labute approximate surface area is 147 Å². The summed E-state index contributed by atoms with van der Waals surface area (Å²) in [6.07, 6.45) is 8.01. The zero-order valence-corrected chi connectivity index (χ0v) is 14.4. The molecule has 1 saturated heterocycles. The van der Waals surface area contributed by atoms with Gasteiger partial charge >= 0.3 is 0 Å². The Morgan fingerprint density at radius 3 is 2.60 bits per heavy atom. The van der Waals surface area contributed by atoms with Crippen LogP contribution in [0.1, 0.15) is 62.8 Å². The van der Waals surface area contributed by atoms with Gasteiger partial charge < -0.3 is 10.1 Å². The van der Waals surface area contributed by atoms with Gasteiger partial charge in [-0.3, -0.25) is 4.79 Å². The number of amides is 1. The SMILES string of the molecule is O=C(N[C@@H]1CCOC2(CCCCC2)C1)[C@H]1C[C@@H]1c1c(F)cccc1F. The van der Waals surface area contributed by atoms with Crippen LogP contribution < -0.4 is 5.32 Å². The Kier molecular flexibility index (Phi) is 4.52. The highest BCUT2D eigenvalue weighted by molar-refractivity contribution is 5.83. The average molecular weight is 349 g/mol. The standard InChI is InChI=1S/C20H25F2NO2/c21-16-5-4-6-17(22)18(16)14-11-15(14)19(24)23-13-7-10-25-20(12-13)8-2-1-3-9-20/h4-6,13-15H,1-3,7-12H2,(H,23,24)/t13-,14+,15+/m1/s1. The van der Waals surface area contributed by atoms with Crippen LogP contribution in [0.4, 0.5) is 8.78 Å². The molecule has 3 fully saturated rings. The molecule has 1 aliphatic heterocycles. The van der Waals surface area contributed by atoms with Crippen LogP contribution in [-0.4, -0.2) is 24.2 Å². The molecular weight excluding hydrogens is 324 g/mol. The Hall–Kier alpha value is -1.49. The lowest BCUT2D eigenvalue weighted by Gasteiger charge is -2.43. The summed E-state index contributed by atoms with van der Waals surface area (Å²) >= 11 is 0. The first-order chi connectivity index (χ1) is 12.1. The third-order valence-electron chi connectivity index (χ3n) is 6.10. The predicted octanol–water partition coefficient (Wildman–Crippen LogP) is 4.07. The van der Waals surface area contributed by atoms with Crippen molar-refractivity contribution in [1.29, 1.82) is 0 Å². The molecule has 2 saturated carbocycles. The molecular formula is C20H25F2NO2. The second kappa shape index (κ2) is 6.67. The molecule has 0 aromatic heterocycles. The molecule has 0 radical (unpaired) electrons. The minimum Gasteiger partial charge on any atom is -0.375 e. The van der Waals surface area contributed by atoms with Crippen molar-refractivity contribution in [1.82, 2.24) is 5.32 Å². The van der Waals surface area contributed by atoms with Crippen LogP contribution in [0, 0.1) is 17.6 Å². The number of hydrogen-bond donors (Lipinski definition) is 1. The van der Waals surface area contributed by atoms with Crippen LogP contribution in [0.5, 0.6) is 0 Å². The van der Waals surface area contributed by atoms with Crippen LogP contribution in [0.3, 0.4) is 0 Å². The van der Waals surface area contributed by atoms with Gasteiger partial charge in [0.15, 0.2) is 0 Å². The van der Waals surface area contributed by atoms with Crippen LogP contribution in [0.15, 0.2) is 18.2 Å². The Morgan fingerprint density at radius 1 is 1.16 bits per heavy atom. The van der Waals surface area contributed by atoms with E-state index in [1.54, 1.807) is 0 Å². The Bertz CT molecular complexity index is 631. The monoisotopic (exact) mass is 349 g/mol. The highest BCUT2D eigenvalue weighted by atomic mass is 19.1. The first-order valence-electron chi connectivity index (χ1n) is 9.46. The van der Waals surface area contributed by atoms with Crippen molar-refractivity contribution in [2.75, 3.05) is 6.61 Å². The van der Waals surface area contributed by atoms with E-state index in [4.69, 9.17) is 4.74 Å². The number of benzene rings is 1. The van der Waals surface area contributed by atoms with Gasteiger partial charge in [-0.25, -0.2) is 8.78 Å². The van der Waals surface area contributed by atoms with Crippen molar-refractivity contribution in [3.63, 3.8) is 0 Å². The second-order valence-electron chi connectivity index (χ2n) is 7.87. The fourth-order valence-electron chi connectivity index (χ4n) is 4.67. The van der Waals surface area contributed by atoms with Crippen LogP contribution in [-0.2, 0) is 9.53 Å². The van der Waals surface area contributed by atoms with Gasteiger partial charge in [0.05, 0.1) is 5.60 Å². The molecule has 1 aromatic rings. The van der Waals surface area contributed by atoms with Crippen molar-refractivity contribution < 1.29 is 18.3 Å². The molecule has 1 spiro atoms. The van der Waals surface area contributed by atoms with Gasteiger partial charge in [-0.15, -0.1) is 0 Å². The zero-order valence-electron chi connectivity index (χ0n) is 14.4. The topological polar surface area (TPSA) is 38.3 Å². The number of ether oxygens (including phenoxy) is 1. The summed E-state index contributed by atoms with van der Waals surface area (Å²) < 4.78 is 33.8. The molecule has 4 rings (SSSR count). The first-order valence-corrected chi connectivity index (χ1v) is 9.46. The van der Waals surface area contributed by atoms with Crippen molar-refractivity contribution in [3.05, 3.63) is 35.4 Å². The number of halogens is 2. The summed E-state index contributed by atoms with van der Waals surface area (Å²) in [7, 11) is 0. The molecule has 25 heavy (non-hydrogen) atoms. The van der Waals surface area contributed by atoms with Gasteiger partial charge in [0.2, 0.25) is 5.91 Å². The van der Waals surface area contributed by atoms with E-state index in [1.165, 1.54) is 37.5 Å². The molecule has 2 aliphatic carbocycles. The van der Waals surface area contributed by atoms with E-state index in [-0.39, 0.29) is 34.9 Å². The molecule has 3 nitrogen and oxygen atoms in total. The number of hydrogen-bond acceptors (Lipinski definition) is 2. The van der Waals surface area contributed by atoms with Crippen molar-refractivity contribution in [2.45, 2.75) is 68.9 Å². The number of nitrogens with one attached hydrogen (secondary N) is 1. The zero-order chi connectivity index (χ0) is 17.4. The molecule has 1 amide bonds. The average Bonchev–Trinajstić information content (AvgIpc) is 3.36. The Morgan fingerprint density at radius 2 is 1.88 bits per heavy atom. The van der Waals surface area contributed by atoms with Gasteiger partial charge in [-0.05, 0) is 44.2 Å². The highest BCUT2D eigenvalue weighted by Crippen LogP contribution is 2.49. The lowest BCUT2D eigenvalue weighted by Crippen LogP contribution is -2.49. The molecule has 3 aliphatic rings. The molecule has 0 bridgehead atoms. The van der Waals surface area contributed by atoms with E-state index in [2.05, 4.69) is 5.32 Å². The van der Waals surface area contributed by atoms with Gasteiger partial charge in [0.1, 0.15) is 11.6 Å². The third kappa shape index (κ3) is 3.43.